The number of hydrogen-bond acceptors (Lipinski definition) is 4. The first kappa shape index (κ1) is 18.9. The molecular formula is C17H35NO3. The number of nitrogens with one attached hydrogen (secondary N) is 1. The van der Waals surface area contributed by atoms with Crippen LogP contribution in [-0.2, 0) is 14.2 Å². The molecule has 0 unspecified atom stereocenters. The van der Waals surface area contributed by atoms with Crippen molar-refractivity contribution < 1.29 is 14.2 Å². The Hall–Kier alpha value is -0.160. The molecule has 0 bridgehead atoms. The zero-order valence-corrected chi connectivity index (χ0v) is 14.1. The van der Waals surface area contributed by atoms with Crippen LogP contribution in [0.3, 0.4) is 0 Å². The summed E-state index contributed by atoms with van der Waals surface area (Å²) in [5.74, 6) is 0. The second-order valence-corrected chi connectivity index (χ2v) is 6.08. The highest BCUT2D eigenvalue weighted by molar-refractivity contribution is 4.85. The maximum atomic E-state index is 6.33. The van der Waals surface area contributed by atoms with E-state index in [0.717, 1.165) is 32.7 Å². The summed E-state index contributed by atoms with van der Waals surface area (Å²) in [5, 5.41) is 3.57. The van der Waals surface area contributed by atoms with Gasteiger partial charge >= 0.3 is 0 Å². The third-order valence-electron chi connectivity index (χ3n) is 4.16. The van der Waals surface area contributed by atoms with Crippen molar-refractivity contribution in [1.82, 2.24) is 5.32 Å². The monoisotopic (exact) mass is 301 g/mol. The van der Waals surface area contributed by atoms with E-state index in [1.54, 1.807) is 7.11 Å². The zero-order chi connectivity index (χ0) is 15.2. The molecule has 0 spiro atoms. The van der Waals surface area contributed by atoms with Crippen LogP contribution in [0.5, 0.6) is 0 Å². The molecule has 1 N–H and O–H groups in total. The van der Waals surface area contributed by atoms with Gasteiger partial charge in [-0.05, 0) is 32.2 Å². The summed E-state index contributed by atoms with van der Waals surface area (Å²) in [5.41, 5.74) is 0.0677. The van der Waals surface area contributed by atoms with E-state index in [4.69, 9.17) is 14.2 Å². The molecule has 126 valence electrons. The van der Waals surface area contributed by atoms with Crippen molar-refractivity contribution in [3.8, 4) is 0 Å². The van der Waals surface area contributed by atoms with Gasteiger partial charge in [-0.15, -0.1) is 0 Å². The van der Waals surface area contributed by atoms with Crippen LogP contribution < -0.4 is 5.32 Å². The molecule has 0 saturated heterocycles. The summed E-state index contributed by atoms with van der Waals surface area (Å²) >= 11 is 0. The molecule has 0 aromatic carbocycles. The lowest BCUT2D eigenvalue weighted by atomic mass is 9.94. The molecule has 1 fully saturated rings. The maximum Gasteiger partial charge on any atom is 0.0806 e. The third kappa shape index (κ3) is 8.77. The Morgan fingerprint density at radius 3 is 2.38 bits per heavy atom. The Labute approximate surface area is 130 Å². The summed E-state index contributed by atoms with van der Waals surface area (Å²) in [6.45, 7) is 7.23. The summed E-state index contributed by atoms with van der Waals surface area (Å²) in [4.78, 5) is 0. The topological polar surface area (TPSA) is 39.7 Å². The molecule has 1 saturated carbocycles. The zero-order valence-electron chi connectivity index (χ0n) is 14.1. The van der Waals surface area contributed by atoms with Crippen molar-refractivity contribution in [2.45, 2.75) is 63.9 Å². The van der Waals surface area contributed by atoms with E-state index in [-0.39, 0.29) is 5.60 Å². The summed E-state index contributed by atoms with van der Waals surface area (Å²) in [7, 11) is 1.70. The molecule has 0 aromatic rings. The molecule has 4 nitrogen and oxygen atoms in total. The Bertz CT molecular complexity index is 228. The molecule has 0 radical (unpaired) electrons. The summed E-state index contributed by atoms with van der Waals surface area (Å²) in [6.07, 6.45) is 9.89. The normalized spacial score (nSPS) is 18.6. The fraction of sp³-hybridized carbons (Fsp3) is 1.00. The van der Waals surface area contributed by atoms with Crippen molar-refractivity contribution in [1.29, 1.82) is 0 Å². The van der Waals surface area contributed by atoms with Gasteiger partial charge in [0, 0.05) is 26.9 Å². The molecule has 0 amide bonds. The number of hydrogen-bond donors (Lipinski definition) is 1. The first-order valence-corrected chi connectivity index (χ1v) is 8.74. The van der Waals surface area contributed by atoms with Gasteiger partial charge in [-0.3, -0.25) is 0 Å². The van der Waals surface area contributed by atoms with E-state index in [1.807, 2.05) is 0 Å². The fourth-order valence-electron chi connectivity index (χ4n) is 2.93. The Morgan fingerprint density at radius 2 is 1.71 bits per heavy atom. The van der Waals surface area contributed by atoms with Crippen LogP contribution >= 0.6 is 0 Å². The first-order valence-electron chi connectivity index (χ1n) is 8.74. The van der Waals surface area contributed by atoms with Crippen LogP contribution in [0.4, 0.5) is 0 Å². The van der Waals surface area contributed by atoms with Crippen molar-refractivity contribution in [2.75, 3.05) is 46.6 Å². The van der Waals surface area contributed by atoms with Gasteiger partial charge in [-0.1, -0.05) is 32.6 Å². The van der Waals surface area contributed by atoms with Gasteiger partial charge in [-0.2, -0.15) is 0 Å². The summed E-state index contributed by atoms with van der Waals surface area (Å²) in [6, 6.07) is 0. The molecule has 4 heteroatoms. The molecule has 0 heterocycles. The molecule has 0 aromatic heterocycles. The molecule has 1 aliphatic rings. The molecular weight excluding hydrogens is 266 g/mol. The van der Waals surface area contributed by atoms with Crippen LogP contribution in [0.25, 0.3) is 0 Å². The highest BCUT2D eigenvalue weighted by atomic mass is 16.5. The number of methoxy groups -OCH3 is 1. The smallest absolute Gasteiger partial charge is 0.0806 e. The second kappa shape index (κ2) is 12.4. The Balaban J connectivity index is 2.24. The molecule has 1 aliphatic carbocycles. The lowest BCUT2D eigenvalue weighted by Crippen LogP contribution is -2.43. The molecule has 0 aliphatic heterocycles. The molecule has 21 heavy (non-hydrogen) atoms. The third-order valence-corrected chi connectivity index (χ3v) is 4.16. The van der Waals surface area contributed by atoms with Gasteiger partial charge < -0.3 is 19.5 Å². The first-order chi connectivity index (χ1) is 10.3. The molecule has 0 atom stereocenters. The predicted octanol–water partition coefficient (Wildman–Crippen LogP) is 3.15. The summed E-state index contributed by atoms with van der Waals surface area (Å²) < 4.78 is 16.8. The van der Waals surface area contributed by atoms with Crippen molar-refractivity contribution >= 4 is 0 Å². The van der Waals surface area contributed by atoms with Gasteiger partial charge in [0.15, 0.2) is 0 Å². The van der Waals surface area contributed by atoms with Crippen LogP contribution in [0.2, 0.25) is 0 Å². The van der Waals surface area contributed by atoms with Gasteiger partial charge in [0.25, 0.3) is 0 Å². The van der Waals surface area contributed by atoms with Crippen molar-refractivity contribution in [3.05, 3.63) is 0 Å². The second-order valence-electron chi connectivity index (χ2n) is 6.08. The van der Waals surface area contributed by atoms with Gasteiger partial charge in [-0.25, -0.2) is 0 Å². The van der Waals surface area contributed by atoms with Gasteiger partial charge in [0.1, 0.15) is 0 Å². The highest BCUT2D eigenvalue weighted by Gasteiger charge is 2.31. The minimum absolute atomic E-state index is 0.0677. The average Bonchev–Trinajstić information content (AvgIpc) is 2.73. The Morgan fingerprint density at radius 1 is 0.952 bits per heavy atom. The van der Waals surface area contributed by atoms with E-state index in [9.17, 15) is 0 Å². The number of rotatable bonds is 12. The van der Waals surface area contributed by atoms with E-state index < -0.39 is 0 Å². The predicted molar refractivity (Wildman–Crippen MR) is 86.9 cm³/mol. The minimum Gasteiger partial charge on any atom is -0.382 e. The van der Waals surface area contributed by atoms with Crippen molar-refractivity contribution in [2.24, 2.45) is 0 Å². The lowest BCUT2D eigenvalue weighted by Gasteiger charge is -2.33. The number of ether oxygens (including phenoxy) is 3. The van der Waals surface area contributed by atoms with E-state index >= 15 is 0 Å². The maximum absolute atomic E-state index is 6.33. The van der Waals surface area contributed by atoms with Crippen LogP contribution in [0, 0.1) is 0 Å². The van der Waals surface area contributed by atoms with E-state index in [1.165, 1.54) is 44.9 Å². The quantitative estimate of drug-likeness (QED) is 0.444. The SMILES string of the molecule is CCCNCC1(OCCCOCCOC)CCCCCC1. The largest absolute Gasteiger partial charge is 0.382 e. The lowest BCUT2D eigenvalue weighted by molar-refractivity contribution is -0.0620. The van der Waals surface area contributed by atoms with Crippen LogP contribution in [0.15, 0.2) is 0 Å². The highest BCUT2D eigenvalue weighted by Crippen LogP contribution is 2.30. The molecule has 1 rings (SSSR count). The van der Waals surface area contributed by atoms with Crippen LogP contribution in [0.1, 0.15) is 58.3 Å². The van der Waals surface area contributed by atoms with Gasteiger partial charge in [0.05, 0.1) is 18.8 Å². The Kier molecular flexibility index (Phi) is 11.1. The van der Waals surface area contributed by atoms with Crippen molar-refractivity contribution in [3.63, 3.8) is 0 Å². The van der Waals surface area contributed by atoms with E-state index in [0.29, 0.717) is 13.2 Å². The minimum atomic E-state index is 0.0677. The standard InChI is InChI=1S/C17H35NO3/c1-3-11-18-16-17(9-6-4-5-7-10-17)21-13-8-12-20-15-14-19-2/h18H,3-16H2,1-2H3. The van der Waals surface area contributed by atoms with E-state index in [2.05, 4.69) is 12.2 Å². The van der Waals surface area contributed by atoms with Gasteiger partial charge in [0.2, 0.25) is 0 Å². The fourth-order valence-corrected chi connectivity index (χ4v) is 2.93. The average molecular weight is 301 g/mol. The van der Waals surface area contributed by atoms with Crippen LogP contribution in [-0.4, -0.2) is 52.2 Å².